The molecule has 0 unspecified atom stereocenters. The van der Waals surface area contributed by atoms with Crippen molar-refractivity contribution in [1.29, 1.82) is 0 Å². The van der Waals surface area contributed by atoms with Crippen LogP contribution in [0.4, 0.5) is 13.2 Å². The van der Waals surface area contributed by atoms with Gasteiger partial charge in [0.15, 0.2) is 0 Å². The SMILES string of the molecule is COC(=O)c1ccn2cc(-c3c(F)cccc3-c3ccc(F)cc3F)nc2c1. The van der Waals surface area contributed by atoms with E-state index in [4.69, 9.17) is 0 Å². The number of methoxy groups -OCH3 is 1. The van der Waals surface area contributed by atoms with Crippen molar-refractivity contribution >= 4 is 11.6 Å². The number of carbonyl (C=O) groups is 1. The zero-order chi connectivity index (χ0) is 19.8. The number of carbonyl (C=O) groups excluding carboxylic acids is 1. The standard InChI is InChI=1S/C21H13F3N2O2/c1-28-21(27)12-7-8-26-11-18(25-19(26)9-12)20-15(3-2-4-16(20)23)14-6-5-13(22)10-17(14)24/h2-11H,1H3. The van der Waals surface area contributed by atoms with Gasteiger partial charge in [0, 0.05) is 29.6 Å². The van der Waals surface area contributed by atoms with E-state index in [9.17, 15) is 18.0 Å². The van der Waals surface area contributed by atoms with Crippen molar-refractivity contribution in [1.82, 2.24) is 9.38 Å². The highest BCUT2D eigenvalue weighted by atomic mass is 19.1. The van der Waals surface area contributed by atoms with E-state index in [1.165, 1.54) is 31.4 Å². The van der Waals surface area contributed by atoms with Crippen LogP contribution >= 0.6 is 0 Å². The Kier molecular flexibility index (Phi) is 4.35. The Morgan fingerprint density at radius 2 is 1.82 bits per heavy atom. The van der Waals surface area contributed by atoms with Gasteiger partial charge in [0.1, 0.15) is 23.1 Å². The second kappa shape index (κ2) is 6.84. The Bertz CT molecular complexity index is 1220. The molecule has 2 heterocycles. The van der Waals surface area contributed by atoms with E-state index in [0.717, 1.165) is 12.1 Å². The maximum atomic E-state index is 14.7. The Labute approximate surface area is 157 Å². The smallest absolute Gasteiger partial charge is 0.338 e. The van der Waals surface area contributed by atoms with Crippen LogP contribution in [0.2, 0.25) is 0 Å². The van der Waals surface area contributed by atoms with Gasteiger partial charge in [-0.25, -0.2) is 22.9 Å². The predicted molar refractivity (Wildman–Crippen MR) is 97.3 cm³/mol. The summed E-state index contributed by atoms with van der Waals surface area (Å²) in [4.78, 5) is 16.1. The van der Waals surface area contributed by atoms with Crippen molar-refractivity contribution in [3.05, 3.63) is 83.9 Å². The zero-order valence-electron chi connectivity index (χ0n) is 14.6. The van der Waals surface area contributed by atoms with Crippen LogP contribution in [0.1, 0.15) is 10.4 Å². The van der Waals surface area contributed by atoms with E-state index in [0.29, 0.717) is 11.2 Å². The molecule has 0 fully saturated rings. The lowest BCUT2D eigenvalue weighted by molar-refractivity contribution is 0.0600. The van der Waals surface area contributed by atoms with Gasteiger partial charge in [0.25, 0.3) is 0 Å². The molecule has 0 bridgehead atoms. The molecule has 0 atom stereocenters. The number of hydrogen-bond acceptors (Lipinski definition) is 3. The lowest BCUT2D eigenvalue weighted by atomic mass is 9.97. The molecule has 4 rings (SSSR count). The van der Waals surface area contributed by atoms with E-state index in [2.05, 4.69) is 9.72 Å². The molecule has 7 heteroatoms. The first-order valence-electron chi connectivity index (χ1n) is 8.29. The molecule has 0 radical (unpaired) electrons. The molecular formula is C21H13F3N2O2. The summed E-state index contributed by atoms with van der Waals surface area (Å²) in [5.74, 6) is -2.64. The molecule has 0 saturated heterocycles. The van der Waals surface area contributed by atoms with Crippen LogP contribution in [-0.4, -0.2) is 22.5 Å². The first-order chi connectivity index (χ1) is 13.5. The Hall–Kier alpha value is -3.61. The summed E-state index contributed by atoms with van der Waals surface area (Å²) in [6, 6.07) is 10.4. The van der Waals surface area contributed by atoms with E-state index < -0.39 is 23.4 Å². The third-order valence-corrected chi connectivity index (χ3v) is 4.37. The zero-order valence-corrected chi connectivity index (χ0v) is 14.6. The van der Waals surface area contributed by atoms with Gasteiger partial charge >= 0.3 is 5.97 Å². The summed E-state index contributed by atoms with van der Waals surface area (Å²) in [7, 11) is 1.27. The maximum absolute atomic E-state index is 14.7. The molecule has 2 aromatic heterocycles. The van der Waals surface area contributed by atoms with Gasteiger partial charge in [-0.15, -0.1) is 0 Å². The topological polar surface area (TPSA) is 43.6 Å². The number of pyridine rings is 1. The Morgan fingerprint density at radius 1 is 1.00 bits per heavy atom. The number of fused-ring (bicyclic) bond motifs is 1. The number of ether oxygens (including phenoxy) is 1. The molecule has 0 N–H and O–H groups in total. The first-order valence-corrected chi connectivity index (χ1v) is 8.29. The summed E-state index contributed by atoms with van der Waals surface area (Å²) in [5.41, 5.74) is 1.32. The molecule has 4 aromatic rings. The van der Waals surface area contributed by atoms with Crippen molar-refractivity contribution in [2.45, 2.75) is 0 Å². The molecule has 4 nitrogen and oxygen atoms in total. The minimum absolute atomic E-state index is 0.0585. The average Bonchev–Trinajstić information content (AvgIpc) is 3.09. The second-order valence-corrected chi connectivity index (χ2v) is 6.09. The predicted octanol–water partition coefficient (Wildman–Crippen LogP) is 4.87. The number of esters is 1. The monoisotopic (exact) mass is 382 g/mol. The lowest BCUT2D eigenvalue weighted by Crippen LogP contribution is -2.01. The van der Waals surface area contributed by atoms with Crippen LogP contribution in [0.25, 0.3) is 28.0 Å². The van der Waals surface area contributed by atoms with Crippen LogP contribution in [0, 0.1) is 17.5 Å². The molecular weight excluding hydrogens is 369 g/mol. The highest BCUT2D eigenvalue weighted by Crippen LogP contribution is 2.35. The Balaban J connectivity index is 1.91. The van der Waals surface area contributed by atoms with Gasteiger partial charge in [-0.1, -0.05) is 12.1 Å². The highest BCUT2D eigenvalue weighted by Gasteiger charge is 2.18. The van der Waals surface area contributed by atoms with Crippen molar-refractivity contribution < 1.29 is 22.7 Å². The van der Waals surface area contributed by atoms with Gasteiger partial charge in [-0.3, -0.25) is 0 Å². The van der Waals surface area contributed by atoms with Crippen molar-refractivity contribution in [2.75, 3.05) is 7.11 Å². The van der Waals surface area contributed by atoms with Crippen molar-refractivity contribution in [2.24, 2.45) is 0 Å². The number of hydrogen-bond donors (Lipinski definition) is 0. The van der Waals surface area contributed by atoms with Crippen LogP contribution in [0.15, 0.2) is 60.9 Å². The minimum atomic E-state index is -0.802. The number of rotatable bonds is 3. The molecule has 0 amide bonds. The molecule has 0 aliphatic heterocycles. The van der Waals surface area contributed by atoms with Gasteiger partial charge < -0.3 is 9.14 Å². The third kappa shape index (κ3) is 3.00. The third-order valence-electron chi connectivity index (χ3n) is 4.37. The van der Waals surface area contributed by atoms with Crippen LogP contribution in [0.3, 0.4) is 0 Å². The largest absolute Gasteiger partial charge is 0.465 e. The van der Waals surface area contributed by atoms with Crippen LogP contribution in [-0.2, 0) is 4.74 Å². The molecule has 0 saturated carbocycles. The molecule has 0 aliphatic rings. The van der Waals surface area contributed by atoms with Crippen LogP contribution < -0.4 is 0 Å². The van der Waals surface area contributed by atoms with E-state index in [1.54, 1.807) is 28.9 Å². The molecule has 140 valence electrons. The molecule has 2 aromatic carbocycles. The van der Waals surface area contributed by atoms with Gasteiger partial charge in [0.05, 0.1) is 18.4 Å². The highest BCUT2D eigenvalue weighted by molar-refractivity contribution is 5.90. The normalized spacial score (nSPS) is 11.0. The molecule has 0 aliphatic carbocycles. The first kappa shape index (κ1) is 17.8. The van der Waals surface area contributed by atoms with Crippen LogP contribution in [0.5, 0.6) is 0 Å². The van der Waals surface area contributed by atoms with Gasteiger partial charge in [-0.2, -0.15) is 0 Å². The van der Waals surface area contributed by atoms with Gasteiger partial charge in [0.2, 0.25) is 0 Å². The number of halogens is 3. The number of benzene rings is 2. The van der Waals surface area contributed by atoms with Crippen molar-refractivity contribution in [3.63, 3.8) is 0 Å². The molecule has 28 heavy (non-hydrogen) atoms. The fourth-order valence-electron chi connectivity index (χ4n) is 3.06. The fraction of sp³-hybridized carbons (Fsp3) is 0.0476. The minimum Gasteiger partial charge on any atom is -0.465 e. The number of nitrogens with zero attached hydrogens (tertiary/aromatic N) is 2. The summed E-state index contributed by atoms with van der Waals surface area (Å²) in [6.45, 7) is 0. The summed E-state index contributed by atoms with van der Waals surface area (Å²) >= 11 is 0. The summed E-state index contributed by atoms with van der Waals surface area (Å²) in [5, 5.41) is 0. The summed E-state index contributed by atoms with van der Waals surface area (Å²) < 4.78 is 48.6. The van der Waals surface area contributed by atoms with Gasteiger partial charge in [-0.05, 0) is 35.9 Å². The average molecular weight is 382 g/mol. The van der Waals surface area contributed by atoms with E-state index in [-0.39, 0.29) is 22.4 Å². The van der Waals surface area contributed by atoms with E-state index in [1.807, 2.05) is 0 Å². The second-order valence-electron chi connectivity index (χ2n) is 6.09. The lowest BCUT2D eigenvalue weighted by Gasteiger charge is -2.10. The van der Waals surface area contributed by atoms with E-state index >= 15 is 0 Å². The number of imidazole rings is 1. The summed E-state index contributed by atoms with van der Waals surface area (Å²) in [6.07, 6.45) is 3.16. The van der Waals surface area contributed by atoms with Crippen molar-refractivity contribution in [3.8, 4) is 22.4 Å². The Morgan fingerprint density at radius 3 is 2.57 bits per heavy atom. The fourth-order valence-corrected chi connectivity index (χ4v) is 3.06. The number of aromatic nitrogens is 2. The molecule has 0 spiro atoms. The quantitative estimate of drug-likeness (QED) is 0.475. The maximum Gasteiger partial charge on any atom is 0.338 e.